The highest BCUT2D eigenvalue weighted by molar-refractivity contribution is 5.26. The van der Waals surface area contributed by atoms with E-state index in [1.165, 1.54) is 12.8 Å². The molecule has 1 N–H and O–H groups in total. The highest BCUT2D eigenvalue weighted by atomic mass is 16.5. The summed E-state index contributed by atoms with van der Waals surface area (Å²) < 4.78 is 5.44. The zero-order valence-corrected chi connectivity index (χ0v) is 11.5. The Hall–Kier alpha value is -1.09. The lowest BCUT2D eigenvalue weighted by Gasteiger charge is -2.31. The van der Waals surface area contributed by atoms with Crippen LogP contribution in [0.2, 0.25) is 0 Å². The smallest absolute Gasteiger partial charge is 0.137 e. The number of aliphatic hydroxyl groups excluding tert-OH is 1. The van der Waals surface area contributed by atoms with Gasteiger partial charge in [-0.1, -0.05) is 20.3 Å². The normalized spacial score (nSPS) is 23.9. The number of ether oxygens (including phenoxy) is 1. The molecule has 0 saturated heterocycles. The fourth-order valence-electron chi connectivity index (χ4n) is 3.01. The summed E-state index contributed by atoms with van der Waals surface area (Å²) in [5.41, 5.74) is 1.09. The minimum absolute atomic E-state index is 0.209. The molecule has 0 spiro atoms. The van der Waals surface area contributed by atoms with Crippen LogP contribution in [-0.2, 0) is 0 Å². The molecular weight excluding hydrogens is 226 g/mol. The first-order chi connectivity index (χ1) is 8.54. The average molecular weight is 249 g/mol. The molecule has 1 heterocycles. The van der Waals surface area contributed by atoms with E-state index >= 15 is 0 Å². The lowest BCUT2D eigenvalue weighted by Crippen LogP contribution is -2.24. The van der Waals surface area contributed by atoms with Crippen LogP contribution in [0.1, 0.15) is 51.7 Å². The predicted octanol–water partition coefficient (Wildman–Crippen LogP) is 3.34. The molecule has 0 radical (unpaired) electrons. The fourth-order valence-corrected chi connectivity index (χ4v) is 3.01. The van der Waals surface area contributed by atoms with Crippen molar-refractivity contribution in [3.8, 4) is 5.75 Å². The Kier molecular flexibility index (Phi) is 3.91. The lowest BCUT2D eigenvalue weighted by molar-refractivity contribution is 0.0527. The molecule has 2 unspecified atom stereocenters. The predicted molar refractivity (Wildman–Crippen MR) is 71.5 cm³/mol. The van der Waals surface area contributed by atoms with E-state index in [0.717, 1.165) is 17.7 Å². The third kappa shape index (κ3) is 2.66. The third-order valence-corrected chi connectivity index (χ3v) is 4.11. The van der Waals surface area contributed by atoms with Crippen molar-refractivity contribution < 1.29 is 9.84 Å². The minimum Gasteiger partial charge on any atom is -0.492 e. The van der Waals surface area contributed by atoms with Crippen LogP contribution in [-0.4, -0.2) is 16.7 Å². The molecule has 2 rings (SSSR count). The van der Waals surface area contributed by atoms with Gasteiger partial charge < -0.3 is 9.84 Å². The monoisotopic (exact) mass is 249 g/mol. The summed E-state index contributed by atoms with van der Waals surface area (Å²) in [6.07, 6.45) is 6.49. The van der Waals surface area contributed by atoms with Crippen LogP contribution in [0, 0.1) is 11.3 Å². The average Bonchev–Trinajstić information content (AvgIpc) is 2.69. The Balaban J connectivity index is 2.17. The SMILES string of the molecule is CCOc1cncc(C(O)C2CCCC2(C)C)c1. The highest BCUT2D eigenvalue weighted by Gasteiger charge is 2.39. The van der Waals surface area contributed by atoms with Gasteiger partial charge in [0.1, 0.15) is 5.75 Å². The van der Waals surface area contributed by atoms with Gasteiger partial charge in [-0.2, -0.15) is 0 Å². The molecule has 3 heteroatoms. The summed E-state index contributed by atoms with van der Waals surface area (Å²) in [6.45, 7) is 7.06. The lowest BCUT2D eigenvalue weighted by atomic mass is 9.77. The topological polar surface area (TPSA) is 42.4 Å². The molecule has 1 fully saturated rings. The molecule has 100 valence electrons. The van der Waals surface area contributed by atoms with Crippen molar-refractivity contribution in [3.05, 3.63) is 24.0 Å². The van der Waals surface area contributed by atoms with Crippen molar-refractivity contribution >= 4 is 0 Å². The van der Waals surface area contributed by atoms with Crippen LogP contribution in [0.5, 0.6) is 5.75 Å². The van der Waals surface area contributed by atoms with Crippen LogP contribution in [0.3, 0.4) is 0 Å². The van der Waals surface area contributed by atoms with Crippen molar-refractivity contribution in [3.63, 3.8) is 0 Å². The zero-order chi connectivity index (χ0) is 13.2. The molecule has 1 aliphatic carbocycles. The molecular formula is C15H23NO2. The summed E-state index contributed by atoms with van der Waals surface area (Å²) in [4.78, 5) is 4.16. The number of hydrogen-bond acceptors (Lipinski definition) is 3. The Morgan fingerprint density at radius 2 is 2.28 bits per heavy atom. The van der Waals surface area contributed by atoms with E-state index in [-0.39, 0.29) is 5.41 Å². The van der Waals surface area contributed by atoms with Crippen molar-refractivity contribution in [2.75, 3.05) is 6.61 Å². The van der Waals surface area contributed by atoms with Gasteiger partial charge in [-0.05, 0) is 37.2 Å². The van der Waals surface area contributed by atoms with Crippen molar-refractivity contribution in [2.45, 2.75) is 46.1 Å². The summed E-state index contributed by atoms with van der Waals surface area (Å²) in [7, 11) is 0. The summed E-state index contributed by atoms with van der Waals surface area (Å²) in [5.74, 6) is 1.06. The minimum atomic E-state index is -0.435. The summed E-state index contributed by atoms with van der Waals surface area (Å²) in [5, 5.41) is 10.6. The summed E-state index contributed by atoms with van der Waals surface area (Å²) >= 11 is 0. The van der Waals surface area contributed by atoms with Crippen LogP contribution < -0.4 is 4.74 Å². The van der Waals surface area contributed by atoms with E-state index in [0.29, 0.717) is 12.5 Å². The number of pyridine rings is 1. The van der Waals surface area contributed by atoms with Crippen LogP contribution in [0.25, 0.3) is 0 Å². The van der Waals surface area contributed by atoms with Crippen molar-refractivity contribution in [2.24, 2.45) is 11.3 Å². The second-order valence-corrected chi connectivity index (χ2v) is 5.82. The Labute approximate surface area is 109 Å². The number of nitrogens with zero attached hydrogens (tertiary/aromatic N) is 1. The number of hydrogen-bond donors (Lipinski definition) is 1. The van der Waals surface area contributed by atoms with Gasteiger partial charge in [0.15, 0.2) is 0 Å². The van der Waals surface area contributed by atoms with Gasteiger partial charge in [0.25, 0.3) is 0 Å². The van der Waals surface area contributed by atoms with E-state index in [2.05, 4.69) is 18.8 Å². The third-order valence-electron chi connectivity index (χ3n) is 4.11. The van der Waals surface area contributed by atoms with E-state index in [1.807, 2.05) is 13.0 Å². The standard InChI is InChI=1S/C15H23NO2/c1-4-18-12-8-11(9-16-10-12)14(17)13-6-5-7-15(13,2)3/h8-10,13-14,17H,4-7H2,1-3H3. The molecule has 18 heavy (non-hydrogen) atoms. The maximum Gasteiger partial charge on any atom is 0.137 e. The maximum atomic E-state index is 10.6. The van der Waals surface area contributed by atoms with Crippen LogP contribution in [0.15, 0.2) is 18.5 Å². The first-order valence-electron chi connectivity index (χ1n) is 6.80. The van der Waals surface area contributed by atoms with Crippen molar-refractivity contribution in [1.82, 2.24) is 4.98 Å². The largest absolute Gasteiger partial charge is 0.492 e. The second-order valence-electron chi connectivity index (χ2n) is 5.82. The Bertz CT molecular complexity index is 403. The number of aromatic nitrogens is 1. The van der Waals surface area contributed by atoms with Gasteiger partial charge in [-0.3, -0.25) is 4.98 Å². The van der Waals surface area contributed by atoms with Gasteiger partial charge in [-0.15, -0.1) is 0 Å². The van der Waals surface area contributed by atoms with E-state index < -0.39 is 6.10 Å². The number of rotatable bonds is 4. The molecule has 1 aromatic rings. The highest BCUT2D eigenvalue weighted by Crippen LogP contribution is 2.48. The molecule has 0 aromatic carbocycles. The maximum absolute atomic E-state index is 10.6. The van der Waals surface area contributed by atoms with E-state index in [1.54, 1.807) is 12.4 Å². The quantitative estimate of drug-likeness (QED) is 0.890. The van der Waals surface area contributed by atoms with E-state index in [9.17, 15) is 5.11 Å². The molecule has 0 amide bonds. The molecule has 2 atom stereocenters. The van der Waals surface area contributed by atoms with Crippen molar-refractivity contribution in [1.29, 1.82) is 0 Å². The molecule has 0 aliphatic heterocycles. The van der Waals surface area contributed by atoms with Gasteiger partial charge in [0.2, 0.25) is 0 Å². The summed E-state index contributed by atoms with van der Waals surface area (Å²) in [6, 6.07) is 1.91. The zero-order valence-electron chi connectivity index (χ0n) is 11.5. The van der Waals surface area contributed by atoms with E-state index in [4.69, 9.17) is 4.74 Å². The molecule has 1 aliphatic rings. The van der Waals surface area contributed by atoms with Gasteiger partial charge in [0, 0.05) is 11.8 Å². The molecule has 3 nitrogen and oxygen atoms in total. The number of aliphatic hydroxyl groups is 1. The van der Waals surface area contributed by atoms with Gasteiger partial charge >= 0.3 is 0 Å². The molecule has 1 saturated carbocycles. The first kappa shape index (κ1) is 13.3. The van der Waals surface area contributed by atoms with Crippen LogP contribution >= 0.6 is 0 Å². The molecule has 1 aromatic heterocycles. The molecule has 0 bridgehead atoms. The van der Waals surface area contributed by atoms with Gasteiger partial charge in [-0.25, -0.2) is 0 Å². The van der Waals surface area contributed by atoms with Gasteiger partial charge in [0.05, 0.1) is 18.9 Å². The second kappa shape index (κ2) is 5.27. The Morgan fingerprint density at radius 1 is 1.50 bits per heavy atom. The first-order valence-corrected chi connectivity index (χ1v) is 6.80. The Morgan fingerprint density at radius 3 is 2.89 bits per heavy atom. The fraction of sp³-hybridized carbons (Fsp3) is 0.667. The van der Waals surface area contributed by atoms with Crippen LogP contribution in [0.4, 0.5) is 0 Å².